The summed E-state index contributed by atoms with van der Waals surface area (Å²) >= 11 is 3.46. The van der Waals surface area contributed by atoms with E-state index in [1.54, 1.807) is 18.6 Å². The van der Waals surface area contributed by atoms with Crippen molar-refractivity contribution in [2.75, 3.05) is 12.4 Å². The van der Waals surface area contributed by atoms with Gasteiger partial charge in [-0.05, 0) is 41.6 Å². The van der Waals surface area contributed by atoms with Crippen LogP contribution >= 0.6 is 15.9 Å². The fourth-order valence-electron chi connectivity index (χ4n) is 3.46. The number of anilines is 2. The minimum absolute atomic E-state index is 0.0186. The normalized spacial score (nSPS) is 20.2. The van der Waals surface area contributed by atoms with Gasteiger partial charge in [0.15, 0.2) is 11.5 Å². The number of carbonyl (C=O) groups excluding carboxylic acids is 1. The van der Waals surface area contributed by atoms with E-state index in [2.05, 4.69) is 36.3 Å². The van der Waals surface area contributed by atoms with Gasteiger partial charge < -0.3 is 10.1 Å². The van der Waals surface area contributed by atoms with Gasteiger partial charge in [0.05, 0.1) is 37.2 Å². The van der Waals surface area contributed by atoms with Gasteiger partial charge in [-0.25, -0.2) is 9.97 Å². The summed E-state index contributed by atoms with van der Waals surface area (Å²) in [6.45, 7) is 0. The monoisotopic (exact) mass is 418 g/mol. The second-order valence-corrected chi connectivity index (χ2v) is 7.23. The standard InChI is InChI=1S/C17H19BrN6O2/c1-26-17(25)11-2-4-13(5-3-11)24-10-12(8-21-24)22-15-16-19-6-7-23(16)14(18)9-20-15/h6-11,13H,2-5H2,1H3,(H,20,22). The molecule has 26 heavy (non-hydrogen) atoms. The maximum atomic E-state index is 11.7. The van der Waals surface area contributed by atoms with Crippen LogP contribution in [0.5, 0.6) is 0 Å². The van der Waals surface area contributed by atoms with Gasteiger partial charge in [-0.1, -0.05) is 0 Å². The molecule has 4 rings (SSSR count). The van der Waals surface area contributed by atoms with E-state index < -0.39 is 0 Å². The molecule has 0 bridgehead atoms. The summed E-state index contributed by atoms with van der Waals surface area (Å²) in [6.07, 6.45) is 12.6. The predicted molar refractivity (Wildman–Crippen MR) is 99.2 cm³/mol. The number of imidazole rings is 1. The van der Waals surface area contributed by atoms with Gasteiger partial charge in [0.2, 0.25) is 0 Å². The van der Waals surface area contributed by atoms with Crippen molar-refractivity contribution in [3.63, 3.8) is 0 Å². The van der Waals surface area contributed by atoms with Crippen molar-refractivity contribution < 1.29 is 9.53 Å². The lowest BCUT2D eigenvalue weighted by Crippen LogP contribution is -2.24. The third-order valence-electron chi connectivity index (χ3n) is 4.85. The van der Waals surface area contributed by atoms with Gasteiger partial charge in [-0.15, -0.1) is 0 Å². The molecule has 0 radical (unpaired) electrons. The van der Waals surface area contributed by atoms with E-state index in [-0.39, 0.29) is 11.9 Å². The lowest BCUT2D eigenvalue weighted by atomic mass is 9.86. The minimum Gasteiger partial charge on any atom is -0.469 e. The quantitative estimate of drug-likeness (QED) is 0.653. The molecule has 3 heterocycles. The van der Waals surface area contributed by atoms with Crippen molar-refractivity contribution in [1.82, 2.24) is 24.1 Å². The lowest BCUT2D eigenvalue weighted by Gasteiger charge is -2.26. The zero-order chi connectivity index (χ0) is 18.1. The largest absolute Gasteiger partial charge is 0.469 e. The van der Waals surface area contributed by atoms with Gasteiger partial charge in [0.1, 0.15) is 4.60 Å². The number of nitrogens with one attached hydrogen (secondary N) is 1. The van der Waals surface area contributed by atoms with Crippen LogP contribution in [-0.4, -0.2) is 37.2 Å². The van der Waals surface area contributed by atoms with Crippen LogP contribution in [0, 0.1) is 5.92 Å². The van der Waals surface area contributed by atoms with Crippen LogP contribution in [0.3, 0.4) is 0 Å². The molecule has 9 heteroatoms. The number of ether oxygens (including phenoxy) is 1. The molecule has 3 aromatic heterocycles. The maximum Gasteiger partial charge on any atom is 0.308 e. The number of hydrogen-bond acceptors (Lipinski definition) is 6. The Morgan fingerprint density at radius 2 is 2.08 bits per heavy atom. The number of esters is 1. The van der Waals surface area contributed by atoms with Gasteiger partial charge >= 0.3 is 5.97 Å². The van der Waals surface area contributed by atoms with Crippen molar-refractivity contribution in [2.45, 2.75) is 31.7 Å². The molecule has 8 nitrogen and oxygen atoms in total. The van der Waals surface area contributed by atoms with E-state index in [9.17, 15) is 4.79 Å². The third-order valence-corrected chi connectivity index (χ3v) is 5.44. The number of hydrogen-bond donors (Lipinski definition) is 1. The smallest absolute Gasteiger partial charge is 0.308 e. The van der Waals surface area contributed by atoms with Gasteiger partial charge in [0.25, 0.3) is 0 Å². The highest BCUT2D eigenvalue weighted by molar-refractivity contribution is 9.10. The molecule has 136 valence electrons. The Balaban J connectivity index is 1.46. The average molecular weight is 419 g/mol. The summed E-state index contributed by atoms with van der Waals surface area (Å²) in [4.78, 5) is 20.4. The van der Waals surface area contributed by atoms with Crippen LogP contribution in [0.2, 0.25) is 0 Å². The summed E-state index contributed by atoms with van der Waals surface area (Å²) in [7, 11) is 1.45. The number of nitrogens with zero attached hydrogens (tertiary/aromatic N) is 5. The maximum absolute atomic E-state index is 11.7. The van der Waals surface area contributed by atoms with Crippen molar-refractivity contribution in [1.29, 1.82) is 0 Å². The highest BCUT2D eigenvalue weighted by Crippen LogP contribution is 2.33. The molecule has 1 saturated carbocycles. The van der Waals surface area contributed by atoms with Gasteiger partial charge in [-0.3, -0.25) is 13.9 Å². The van der Waals surface area contributed by atoms with Crippen LogP contribution in [0.15, 0.2) is 35.6 Å². The molecule has 1 fully saturated rings. The highest BCUT2D eigenvalue weighted by atomic mass is 79.9. The van der Waals surface area contributed by atoms with Crippen LogP contribution in [0.1, 0.15) is 31.7 Å². The molecule has 0 aliphatic heterocycles. The summed E-state index contributed by atoms with van der Waals surface area (Å²) in [5.74, 6) is 0.591. The second-order valence-electron chi connectivity index (χ2n) is 6.41. The summed E-state index contributed by atoms with van der Waals surface area (Å²) < 4.78 is 9.57. The molecule has 1 aliphatic carbocycles. The first-order chi connectivity index (χ1) is 12.7. The molecule has 1 N–H and O–H groups in total. The number of carbonyl (C=O) groups is 1. The minimum atomic E-state index is -0.101. The molecule has 0 spiro atoms. The molecular formula is C17H19BrN6O2. The molecule has 3 aromatic rings. The Labute approximate surface area is 158 Å². The molecule has 0 aromatic carbocycles. The molecular weight excluding hydrogens is 400 g/mol. The van der Waals surface area contributed by atoms with Crippen molar-refractivity contribution in [2.24, 2.45) is 5.92 Å². The summed E-state index contributed by atoms with van der Waals surface area (Å²) in [5, 5.41) is 7.77. The van der Waals surface area contributed by atoms with Gasteiger partial charge in [-0.2, -0.15) is 5.10 Å². The first-order valence-corrected chi connectivity index (χ1v) is 9.31. The topological polar surface area (TPSA) is 86.3 Å². The molecule has 0 atom stereocenters. The van der Waals surface area contributed by atoms with Crippen LogP contribution in [-0.2, 0) is 9.53 Å². The number of rotatable bonds is 4. The summed E-state index contributed by atoms with van der Waals surface area (Å²) in [6, 6.07) is 0.302. The number of methoxy groups -OCH3 is 1. The first-order valence-electron chi connectivity index (χ1n) is 8.52. The van der Waals surface area contributed by atoms with Crippen LogP contribution in [0.25, 0.3) is 5.65 Å². The van der Waals surface area contributed by atoms with Crippen molar-refractivity contribution in [3.8, 4) is 0 Å². The van der Waals surface area contributed by atoms with Crippen molar-refractivity contribution in [3.05, 3.63) is 35.6 Å². The summed E-state index contributed by atoms with van der Waals surface area (Å²) in [5.41, 5.74) is 1.60. The van der Waals surface area contributed by atoms with E-state index >= 15 is 0 Å². The Hall–Kier alpha value is -2.42. The van der Waals surface area contributed by atoms with E-state index in [0.717, 1.165) is 41.6 Å². The van der Waals surface area contributed by atoms with Crippen LogP contribution in [0.4, 0.5) is 11.5 Å². The van der Waals surface area contributed by atoms with E-state index in [1.165, 1.54) is 7.11 Å². The molecule has 0 unspecified atom stereocenters. The number of halogens is 1. The van der Waals surface area contributed by atoms with E-state index in [1.807, 2.05) is 21.5 Å². The molecule has 0 amide bonds. The number of aromatic nitrogens is 5. The SMILES string of the molecule is COC(=O)C1CCC(n2cc(Nc3ncc(Br)n4ccnc34)cn2)CC1. The lowest BCUT2D eigenvalue weighted by molar-refractivity contribution is -0.146. The Kier molecular flexibility index (Phi) is 4.62. The second kappa shape index (κ2) is 7.06. The molecule has 1 aliphatic rings. The van der Waals surface area contributed by atoms with E-state index in [4.69, 9.17) is 4.74 Å². The highest BCUT2D eigenvalue weighted by Gasteiger charge is 2.28. The van der Waals surface area contributed by atoms with E-state index in [0.29, 0.717) is 11.9 Å². The van der Waals surface area contributed by atoms with Crippen LogP contribution < -0.4 is 5.32 Å². The van der Waals surface area contributed by atoms with Crippen molar-refractivity contribution >= 4 is 39.1 Å². The first kappa shape index (κ1) is 17.0. The zero-order valence-electron chi connectivity index (χ0n) is 14.3. The van der Waals surface area contributed by atoms with Gasteiger partial charge in [0, 0.05) is 18.6 Å². The zero-order valence-corrected chi connectivity index (χ0v) is 15.9. The Bertz CT molecular complexity index is 928. The fourth-order valence-corrected chi connectivity index (χ4v) is 3.85. The third kappa shape index (κ3) is 3.18. The fraction of sp³-hybridized carbons (Fsp3) is 0.412. The molecule has 0 saturated heterocycles. The average Bonchev–Trinajstić information content (AvgIpc) is 3.34. The Morgan fingerprint density at radius 3 is 2.85 bits per heavy atom. The Morgan fingerprint density at radius 1 is 1.27 bits per heavy atom. The number of fused-ring (bicyclic) bond motifs is 1. The predicted octanol–water partition coefficient (Wildman–Crippen LogP) is 3.34.